The molecule has 3 rings (SSSR count). The van der Waals surface area contributed by atoms with Gasteiger partial charge in [-0.15, -0.1) is 0 Å². The predicted molar refractivity (Wildman–Crippen MR) is 113 cm³/mol. The van der Waals surface area contributed by atoms with Crippen LogP contribution in [0.1, 0.15) is 43.0 Å². The molecule has 6 heteroatoms. The van der Waals surface area contributed by atoms with Crippen LogP contribution in [0.3, 0.4) is 0 Å². The van der Waals surface area contributed by atoms with Gasteiger partial charge in [0.05, 0.1) is 18.2 Å². The van der Waals surface area contributed by atoms with Gasteiger partial charge >= 0.3 is 0 Å². The summed E-state index contributed by atoms with van der Waals surface area (Å²) in [5.74, 6) is -0.753. The van der Waals surface area contributed by atoms with E-state index in [1.807, 2.05) is 20.8 Å². The zero-order valence-electron chi connectivity index (χ0n) is 16.7. The minimum atomic E-state index is -0.678. The van der Waals surface area contributed by atoms with Gasteiger partial charge in [-0.2, -0.15) is 0 Å². The number of carbonyl (C=O) groups is 2. The Kier molecular flexibility index (Phi) is 6.28. The molecule has 0 spiro atoms. The summed E-state index contributed by atoms with van der Waals surface area (Å²) < 4.78 is 5.55. The average Bonchev–Trinajstić information content (AvgIpc) is 2.95. The second-order valence-corrected chi connectivity index (χ2v) is 7.39. The van der Waals surface area contributed by atoms with Crippen LogP contribution in [0.25, 0.3) is 5.76 Å². The molecule has 1 saturated heterocycles. The number of aliphatic hydroxyl groups is 1. The molecule has 1 aliphatic rings. The smallest absolute Gasteiger partial charge is 0.295 e. The van der Waals surface area contributed by atoms with Gasteiger partial charge in [-0.1, -0.05) is 30.7 Å². The van der Waals surface area contributed by atoms with E-state index in [1.165, 1.54) is 4.90 Å². The van der Waals surface area contributed by atoms with Gasteiger partial charge in [-0.05, 0) is 61.7 Å². The quantitative estimate of drug-likeness (QED) is 0.416. The number of likely N-dealkylation sites (tertiary alicyclic amines) is 1. The maximum atomic E-state index is 12.9. The number of amides is 1. The Morgan fingerprint density at radius 1 is 1.14 bits per heavy atom. The van der Waals surface area contributed by atoms with Crippen molar-refractivity contribution in [2.45, 2.75) is 33.2 Å². The number of aliphatic hydroxyl groups excluding tert-OH is 1. The maximum absolute atomic E-state index is 12.9. The third-order valence-corrected chi connectivity index (χ3v) is 5.19. The molecule has 0 aliphatic carbocycles. The van der Waals surface area contributed by atoms with Crippen molar-refractivity contribution in [1.82, 2.24) is 4.90 Å². The van der Waals surface area contributed by atoms with E-state index >= 15 is 0 Å². The zero-order valence-corrected chi connectivity index (χ0v) is 17.5. The monoisotopic (exact) mass is 413 g/mol. The number of hydrogen-bond donors (Lipinski definition) is 1. The number of Topliss-reactive ketones (excluding diaryl/α,β-unsaturated/α-hetero) is 1. The average molecular weight is 414 g/mol. The maximum Gasteiger partial charge on any atom is 0.295 e. The first-order valence-corrected chi connectivity index (χ1v) is 10.0. The fraction of sp³-hybridized carbons (Fsp3) is 0.304. The molecule has 5 nitrogen and oxygen atoms in total. The molecule has 1 atom stereocenters. The molecule has 0 saturated carbocycles. The summed E-state index contributed by atoms with van der Waals surface area (Å²) in [5, 5.41) is 11.6. The fourth-order valence-corrected chi connectivity index (χ4v) is 3.74. The number of nitrogens with zero attached hydrogens (tertiary/aromatic N) is 1. The highest BCUT2D eigenvalue weighted by molar-refractivity contribution is 6.46. The fourth-order valence-electron chi connectivity index (χ4n) is 3.61. The number of ketones is 1. The van der Waals surface area contributed by atoms with E-state index in [9.17, 15) is 14.7 Å². The van der Waals surface area contributed by atoms with E-state index in [4.69, 9.17) is 16.3 Å². The van der Waals surface area contributed by atoms with E-state index in [1.54, 1.807) is 42.5 Å². The van der Waals surface area contributed by atoms with Crippen LogP contribution in [0, 0.1) is 6.92 Å². The molecule has 1 amide bonds. The Balaban J connectivity index is 2.14. The minimum Gasteiger partial charge on any atom is -0.507 e. The standard InChI is InChI=1S/C23H24ClNO4/c1-4-12-25-20(15-6-9-17(24)10-7-15)19(22(27)23(25)28)21(26)16-8-11-18(29-5-2)14(3)13-16/h6-11,13,20,26H,4-5,12H2,1-3H3/b21-19-. The molecule has 1 fully saturated rings. The highest BCUT2D eigenvalue weighted by Gasteiger charge is 2.45. The SMILES string of the molecule is CCCN1C(=O)C(=O)/C(=C(\O)c2ccc(OCC)c(C)c2)C1c1ccc(Cl)cc1. The highest BCUT2D eigenvalue weighted by atomic mass is 35.5. The third kappa shape index (κ3) is 4.01. The Labute approximate surface area is 175 Å². The second-order valence-electron chi connectivity index (χ2n) is 6.96. The lowest BCUT2D eigenvalue weighted by Crippen LogP contribution is -2.30. The molecule has 0 bridgehead atoms. The van der Waals surface area contributed by atoms with E-state index in [2.05, 4.69) is 0 Å². The Morgan fingerprint density at radius 3 is 2.41 bits per heavy atom. The molecule has 1 N–H and O–H groups in total. The van der Waals surface area contributed by atoms with Crippen molar-refractivity contribution < 1.29 is 19.4 Å². The number of benzene rings is 2. The molecule has 1 unspecified atom stereocenters. The lowest BCUT2D eigenvalue weighted by atomic mass is 9.95. The first-order valence-electron chi connectivity index (χ1n) is 9.66. The lowest BCUT2D eigenvalue weighted by Gasteiger charge is -2.25. The summed E-state index contributed by atoms with van der Waals surface area (Å²) in [6, 6.07) is 11.5. The normalized spacial score (nSPS) is 18.3. The van der Waals surface area contributed by atoms with Gasteiger partial charge < -0.3 is 14.7 Å². The van der Waals surface area contributed by atoms with Crippen LogP contribution in [-0.2, 0) is 9.59 Å². The first kappa shape index (κ1) is 20.9. The second kappa shape index (κ2) is 8.70. The Hall–Kier alpha value is -2.79. The van der Waals surface area contributed by atoms with E-state index < -0.39 is 17.7 Å². The zero-order chi connectivity index (χ0) is 21.1. The number of rotatable bonds is 6. The van der Waals surface area contributed by atoms with Crippen LogP contribution >= 0.6 is 11.6 Å². The molecule has 0 radical (unpaired) electrons. The van der Waals surface area contributed by atoms with Gasteiger partial charge in [0, 0.05) is 17.1 Å². The lowest BCUT2D eigenvalue weighted by molar-refractivity contribution is -0.139. The summed E-state index contributed by atoms with van der Waals surface area (Å²) in [6.45, 7) is 6.65. The van der Waals surface area contributed by atoms with Crippen LogP contribution in [0.5, 0.6) is 5.75 Å². The van der Waals surface area contributed by atoms with E-state index in [0.717, 1.165) is 11.1 Å². The van der Waals surface area contributed by atoms with Gasteiger partial charge in [0.25, 0.3) is 11.7 Å². The van der Waals surface area contributed by atoms with Crippen LogP contribution in [0.2, 0.25) is 5.02 Å². The summed E-state index contributed by atoms with van der Waals surface area (Å²) in [5.41, 5.74) is 2.13. The van der Waals surface area contributed by atoms with Crippen molar-refractivity contribution in [3.05, 3.63) is 69.8 Å². The molecular weight excluding hydrogens is 390 g/mol. The summed E-state index contributed by atoms with van der Waals surface area (Å²) in [7, 11) is 0. The molecule has 1 heterocycles. The van der Waals surface area contributed by atoms with Crippen molar-refractivity contribution in [1.29, 1.82) is 0 Å². The molecule has 0 aromatic heterocycles. The molecule has 2 aromatic carbocycles. The van der Waals surface area contributed by atoms with Crippen LogP contribution in [0.15, 0.2) is 48.0 Å². The number of halogens is 1. The van der Waals surface area contributed by atoms with Gasteiger partial charge in [0.1, 0.15) is 11.5 Å². The number of aryl methyl sites for hydroxylation is 1. The van der Waals surface area contributed by atoms with E-state index in [-0.39, 0.29) is 11.3 Å². The van der Waals surface area contributed by atoms with Crippen molar-refractivity contribution in [2.24, 2.45) is 0 Å². The summed E-state index contributed by atoms with van der Waals surface area (Å²) in [6.07, 6.45) is 0.694. The van der Waals surface area contributed by atoms with E-state index in [0.29, 0.717) is 35.9 Å². The molecule has 29 heavy (non-hydrogen) atoms. The van der Waals surface area contributed by atoms with Crippen LogP contribution < -0.4 is 4.74 Å². The number of carbonyl (C=O) groups excluding carboxylic acids is 2. The number of ether oxygens (including phenoxy) is 1. The minimum absolute atomic E-state index is 0.0920. The van der Waals surface area contributed by atoms with Gasteiger partial charge in [-0.25, -0.2) is 0 Å². The highest BCUT2D eigenvalue weighted by Crippen LogP contribution is 2.40. The summed E-state index contributed by atoms with van der Waals surface area (Å²) >= 11 is 6.01. The predicted octanol–water partition coefficient (Wildman–Crippen LogP) is 4.88. The van der Waals surface area contributed by atoms with Gasteiger partial charge in [0.15, 0.2) is 0 Å². The molecule has 1 aliphatic heterocycles. The van der Waals surface area contributed by atoms with Crippen molar-refractivity contribution in [3.63, 3.8) is 0 Å². The van der Waals surface area contributed by atoms with Gasteiger partial charge in [0.2, 0.25) is 0 Å². The van der Waals surface area contributed by atoms with Crippen molar-refractivity contribution in [3.8, 4) is 5.75 Å². The first-order chi connectivity index (χ1) is 13.9. The van der Waals surface area contributed by atoms with Crippen molar-refractivity contribution in [2.75, 3.05) is 13.2 Å². The third-order valence-electron chi connectivity index (χ3n) is 4.94. The molecule has 2 aromatic rings. The summed E-state index contributed by atoms with van der Waals surface area (Å²) in [4.78, 5) is 27.0. The van der Waals surface area contributed by atoms with Crippen molar-refractivity contribution >= 4 is 29.1 Å². The van der Waals surface area contributed by atoms with Crippen LogP contribution in [0.4, 0.5) is 0 Å². The number of hydrogen-bond acceptors (Lipinski definition) is 4. The molecule has 152 valence electrons. The Bertz CT molecular complexity index is 965. The van der Waals surface area contributed by atoms with Gasteiger partial charge in [-0.3, -0.25) is 9.59 Å². The van der Waals surface area contributed by atoms with Crippen LogP contribution in [-0.4, -0.2) is 34.8 Å². The largest absolute Gasteiger partial charge is 0.507 e. The topological polar surface area (TPSA) is 66.8 Å². The molecular formula is C23H24ClNO4. The Morgan fingerprint density at radius 2 is 1.83 bits per heavy atom.